The van der Waals surface area contributed by atoms with E-state index in [2.05, 4.69) is 20.7 Å². The Bertz CT molecular complexity index is 1340. The van der Waals surface area contributed by atoms with E-state index in [0.29, 0.717) is 16.5 Å². The fourth-order valence-electron chi connectivity index (χ4n) is 3.29. The van der Waals surface area contributed by atoms with E-state index in [4.69, 9.17) is 0 Å². The maximum atomic E-state index is 12.9. The van der Waals surface area contributed by atoms with Gasteiger partial charge in [0.25, 0.3) is 5.56 Å². The first-order valence-electron chi connectivity index (χ1n) is 9.91. The monoisotopic (exact) mass is 453 g/mol. The molecule has 2 amide bonds. The molecule has 0 atom stereocenters. The summed E-state index contributed by atoms with van der Waals surface area (Å²) in [5.74, 6) is 0. The lowest BCUT2D eigenvalue weighted by molar-refractivity contribution is -0.137. The van der Waals surface area contributed by atoms with Gasteiger partial charge in [-0.15, -0.1) is 0 Å². The van der Waals surface area contributed by atoms with Gasteiger partial charge in [-0.3, -0.25) is 9.78 Å². The van der Waals surface area contributed by atoms with E-state index in [1.54, 1.807) is 42.7 Å². The summed E-state index contributed by atoms with van der Waals surface area (Å²) in [4.78, 5) is 29.2. The summed E-state index contributed by atoms with van der Waals surface area (Å²) in [6.07, 6.45) is -1.18. The molecule has 4 aromatic rings. The zero-order valence-electron chi connectivity index (χ0n) is 17.1. The third-order valence-electron chi connectivity index (χ3n) is 4.89. The topological polar surface area (TPSA) is 88.9 Å². The van der Waals surface area contributed by atoms with Crippen LogP contribution in [0.3, 0.4) is 0 Å². The highest BCUT2D eigenvalue weighted by atomic mass is 19.4. The molecule has 0 aliphatic carbocycles. The van der Waals surface area contributed by atoms with Gasteiger partial charge in [0.15, 0.2) is 0 Å². The number of alkyl halides is 3. The third kappa shape index (κ3) is 5.17. The molecule has 2 heterocycles. The van der Waals surface area contributed by atoms with Crippen LogP contribution in [0.25, 0.3) is 10.8 Å². The molecule has 0 bridgehead atoms. The molecular formula is C23H18F3N5O2. The van der Waals surface area contributed by atoms with E-state index < -0.39 is 17.8 Å². The van der Waals surface area contributed by atoms with Crippen LogP contribution in [0.2, 0.25) is 0 Å². The number of urea groups is 1. The summed E-state index contributed by atoms with van der Waals surface area (Å²) < 4.78 is 39.4. The van der Waals surface area contributed by atoms with Gasteiger partial charge < -0.3 is 10.6 Å². The Morgan fingerprint density at radius 3 is 2.36 bits per heavy atom. The lowest BCUT2D eigenvalue weighted by Crippen LogP contribution is -2.31. The Balaban J connectivity index is 1.52. The molecule has 2 N–H and O–H groups in total. The average Bonchev–Trinajstić information content (AvgIpc) is 2.80. The van der Waals surface area contributed by atoms with Crippen LogP contribution in [0.5, 0.6) is 0 Å². The molecule has 10 heteroatoms. The van der Waals surface area contributed by atoms with E-state index >= 15 is 0 Å². The van der Waals surface area contributed by atoms with Gasteiger partial charge in [-0.1, -0.05) is 24.3 Å². The molecular weight excluding hydrogens is 435 g/mol. The fourth-order valence-corrected chi connectivity index (χ4v) is 3.29. The SMILES string of the molecule is O=C(NCc1nn(Cc2cccnc2)c(=O)c2ccccc12)Nc1ccc(C(F)(F)F)cc1. The van der Waals surface area contributed by atoms with Crippen molar-refractivity contribution in [2.45, 2.75) is 19.3 Å². The number of nitrogens with one attached hydrogen (secondary N) is 2. The van der Waals surface area contributed by atoms with E-state index in [0.717, 1.165) is 17.7 Å². The highest BCUT2D eigenvalue weighted by Gasteiger charge is 2.30. The number of carbonyl (C=O) groups excluding carboxylic acids is 1. The van der Waals surface area contributed by atoms with Crippen LogP contribution in [0.1, 0.15) is 16.8 Å². The minimum absolute atomic E-state index is 0.000299. The third-order valence-corrected chi connectivity index (χ3v) is 4.89. The van der Waals surface area contributed by atoms with E-state index in [1.165, 1.54) is 16.8 Å². The summed E-state index contributed by atoms with van der Waals surface area (Å²) in [5, 5.41) is 10.6. The fraction of sp³-hybridized carbons (Fsp3) is 0.130. The van der Waals surface area contributed by atoms with Crippen molar-refractivity contribution in [2.75, 3.05) is 5.32 Å². The molecule has 33 heavy (non-hydrogen) atoms. The van der Waals surface area contributed by atoms with Gasteiger partial charge >= 0.3 is 12.2 Å². The number of nitrogens with zero attached hydrogens (tertiary/aromatic N) is 3. The van der Waals surface area contributed by atoms with Gasteiger partial charge in [0.1, 0.15) is 0 Å². The quantitative estimate of drug-likeness (QED) is 0.475. The van der Waals surface area contributed by atoms with Crippen LogP contribution in [-0.4, -0.2) is 20.8 Å². The predicted octanol–water partition coefficient (Wildman–Crippen LogP) is 4.18. The number of rotatable bonds is 5. The lowest BCUT2D eigenvalue weighted by Gasteiger charge is -2.13. The van der Waals surface area contributed by atoms with Gasteiger partial charge in [-0.2, -0.15) is 18.3 Å². The molecule has 0 fully saturated rings. The summed E-state index contributed by atoms with van der Waals surface area (Å²) in [6.45, 7) is 0.211. The summed E-state index contributed by atoms with van der Waals surface area (Å²) >= 11 is 0. The van der Waals surface area contributed by atoms with Crippen LogP contribution in [-0.2, 0) is 19.3 Å². The minimum Gasteiger partial charge on any atom is -0.332 e. The zero-order valence-corrected chi connectivity index (χ0v) is 17.1. The molecule has 0 radical (unpaired) electrons. The Morgan fingerprint density at radius 1 is 0.970 bits per heavy atom. The lowest BCUT2D eigenvalue weighted by atomic mass is 10.1. The Morgan fingerprint density at radius 2 is 1.70 bits per heavy atom. The highest BCUT2D eigenvalue weighted by molar-refractivity contribution is 5.90. The van der Waals surface area contributed by atoms with Gasteiger partial charge in [0, 0.05) is 23.5 Å². The van der Waals surface area contributed by atoms with Crippen molar-refractivity contribution in [1.82, 2.24) is 20.1 Å². The first kappa shape index (κ1) is 22.0. The minimum atomic E-state index is -4.45. The number of halogens is 3. The molecule has 0 saturated heterocycles. The second kappa shape index (κ2) is 9.11. The van der Waals surface area contributed by atoms with Crippen molar-refractivity contribution < 1.29 is 18.0 Å². The van der Waals surface area contributed by atoms with Crippen LogP contribution in [0.4, 0.5) is 23.7 Å². The van der Waals surface area contributed by atoms with Gasteiger partial charge in [-0.05, 0) is 42.0 Å². The zero-order chi connectivity index (χ0) is 23.4. The summed E-state index contributed by atoms with van der Waals surface area (Å²) in [6, 6.07) is 14.0. The number of hydrogen-bond acceptors (Lipinski definition) is 4. The smallest absolute Gasteiger partial charge is 0.332 e. The highest BCUT2D eigenvalue weighted by Crippen LogP contribution is 2.29. The molecule has 7 nitrogen and oxygen atoms in total. The molecule has 0 saturated carbocycles. The van der Waals surface area contributed by atoms with Crippen molar-refractivity contribution >= 4 is 22.5 Å². The van der Waals surface area contributed by atoms with Crippen LogP contribution < -0.4 is 16.2 Å². The first-order chi connectivity index (χ1) is 15.8. The Hall–Kier alpha value is -4.21. The number of fused-ring (bicyclic) bond motifs is 1. The van der Waals surface area contributed by atoms with E-state index in [-0.39, 0.29) is 24.3 Å². The van der Waals surface area contributed by atoms with Crippen LogP contribution in [0.15, 0.2) is 77.9 Å². The number of amides is 2. The van der Waals surface area contributed by atoms with Crippen LogP contribution >= 0.6 is 0 Å². The standard InChI is InChI=1S/C23H18F3N5O2/c24-23(25,26)16-7-9-17(10-8-16)29-22(33)28-13-20-18-5-1-2-6-19(18)21(32)31(30-20)14-15-4-3-11-27-12-15/h1-12H,13-14H2,(H2,28,29,33). The van der Waals surface area contributed by atoms with Crippen molar-refractivity contribution in [3.05, 3.63) is 100 Å². The molecule has 0 spiro atoms. The number of anilines is 1. The normalized spacial score (nSPS) is 11.4. The number of benzene rings is 2. The summed E-state index contributed by atoms with van der Waals surface area (Å²) in [5.41, 5.74) is 0.394. The molecule has 4 rings (SSSR count). The second-order valence-electron chi connectivity index (χ2n) is 7.20. The van der Waals surface area contributed by atoms with Gasteiger partial charge in [-0.25, -0.2) is 9.48 Å². The number of carbonyl (C=O) groups is 1. The van der Waals surface area contributed by atoms with Gasteiger partial charge in [0.05, 0.1) is 29.7 Å². The largest absolute Gasteiger partial charge is 0.416 e. The second-order valence-corrected chi connectivity index (χ2v) is 7.20. The van der Waals surface area contributed by atoms with E-state index in [9.17, 15) is 22.8 Å². The van der Waals surface area contributed by atoms with Crippen molar-refractivity contribution in [3.8, 4) is 0 Å². The molecule has 0 unspecified atom stereocenters. The molecule has 2 aromatic carbocycles. The van der Waals surface area contributed by atoms with Crippen LogP contribution in [0, 0.1) is 0 Å². The Kier molecular flexibility index (Phi) is 6.07. The predicted molar refractivity (Wildman–Crippen MR) is 117 cm³/mol. The van der Waals surface area contributed by atoms with Crippen molar-refractivity contribution in [2.24, 2.45) is 0 Å². The molecule has 0 aliphatic rings. The van der Waals surface area contributed by atoms with Crippen molar-refractivity contribution in [3.63, 3.8) is 0 Å². The average molecular weight is 453 g/mol. The number of hydrogen-bond donors (Lipinski definition) is 2. The summed E-state index contributed by atoms with van der Waals surface area (Å²) in [7, 11) is 0. The maximum absolute atomic E-state index is 12.9. The molecule has 0 aliphatic heterocycles. The Labute approximate surface area is 185 Å². The van der Waals surface area contributed by atoms with Gasteiger partial charge in [0.2, 0.25) is 0 Å². The molecule has 2 aromatic heterocycles. The maximum Gasteiger partial charge on any atom is 0.416 e. The number of aromatic nitrogens is 3. The number of pyridine rings is 1. The first-order valence-corrected chi connectivity index (χ1v) is 9.91. The van der Waals surface area contributed by atoms with E-state index in [1.807, 2.05) is 6.07 Å². The van der Waals surface area contributed by atoms with Crippen molar-refractivity contribution in [1.29, 1.82) is 0 Å². The molecule has 168 valence electrons.